The Morgan fingerprint density at radius 1 is 0.974 bits per heavy atom. The minimum Gasteiger partial charge on any atom is -0.489 e. The lowest BCUT2D eigenvalue weighted by atomic mass is 10.0. The zero-order valence-corrected chi connectivity index (χ0v) is 22.7. The van der Waals surface area contributed by atoms with Crippen LogP contribution in [-0.2, 0) is 6.61 Å². The second-order valence-electron chi connectivity index (χ2n) is 9.89. The van der Waals surface area contributed by atoms with Crippen molar-refractivity contribution in [3.05, 3.63) is 92.2 Å². The van der Waals surface area contributed by atoms with E-state index in [1.807, 2.05) is 36.5 Å². The number of hydrogen-bond acceptors (Lipinski definition) is 7. The van der Waals surface area contributed by atoms with Gasteiger partial charge in [0.1, 0.15) is 29.5 Å². The van der Waals surface area contributed by atoms with Gasteiger partial charge >= 0.3 is 0 Å². The number of aromatic amines is 1. The molecule has 2 aliphatic rings. The van der Waals surface area contributed by atoms with E-state index >= 15 is 0 Å². The highest BCUT2D eigenvalue weighted by atomic mass is 35.5. The summed E-state index contributed by atoms with van der Waals surface area (Å²) >= 11 is 19.7. The summed E-state index contributed by atoms with van der Waals surface area (Å²) in [5.74, 6) is 3.10. The van der Waals surface area contributed by atoms with E-state index in [0.29, 0.717) is 61.3 Å². The summed E-state index contributed by atoms with van der Waals surface area (Å²) in [5.41, 5.74) is 5.12. The maximum absolute atomic E-state index is 6.74. The van der Waals surface area contributed by atoms with Gasteiger partial charge in [-0.3, -0.25) is 4.98 Å². The van der Waals surface area contributed by atoms with Crippen LogP contribution >= 0.6 is 34.8 Å². The van der Waals surface area contributed by atoms with Crippen LogP contribution in [0.5, 0.6) is 5.75 Å². The predicted molar refractivity (Wildman–Crippen MR) is 147 cm³/mol. The van der Waals surface area contributed by atoms with E-state index in [2.05, 4.69) is 36.8 Å². The predicted octanol–water partition coefficient (Wildman–Crippen LogP) is 7.60. The summed E-state index contributed by atoms with van der Waals surface area (Å²) in [6.07, 6.45) is 5.03. The number of halogens is 3. The lowest BCUT2D eigenvalue weighted by Gasteiger charge is -2.11. The molecule has 196 valence electrons. The maximum atomic E-state index is 6.74. The van der Waals surface area contributed by atoms with Crippen LogP contribution in [0, 0.1) is 0 Å². The van der Waals surface area contributed by atoms with Crippen molar-refractivity contribution in [3.8, 4) is 28.5 Å². The number of benzene rings is 2. The molecule has 2 unspecified atom stereocenters. The molecule has 0 saturated heterocycles. The number of nitrogens with zero attached hydrogens (tertiary/aromatic N) is 5. The van der Waals surface area contributed by atoms with Crippen molar-refractivity contribution in [3.63, 3.8) is 0 Å². The monoisotopic (exact) mass is 578 g/mol. The van der Waals surface area contributed by atoms with Crippen molar-refractivity contribution < 1.29 is 9.26 Å². The summed E-state index contributed by atoms with van der Waals surface area (Å²) < 4.78 is 12.0. The van der Waals surface area contributed by atoms with Gasteiger partial charge in [0.25, 0.3) is 0 Å². The Kier molecular flexibility index (Phi) is 6.26. The van der Waals surface area contributed by atoms with Crippen LogP contribution in [0.1, 0.15) is 59.5 Å². The van der Waals surface area contributed by atoms with Crippen molar-refractivity contribution in [2.24, 2.45) is 0 Å². The van der Waals surface area contributed by atoms with Gasteiger partial charge in [0.15, 0.2) is 5.82 Å². The molecule has 3 aromatic heterocycles. The molecule has 3 heterocycles. The molecule has 39 heavy (non-hydrogen) atoms. The fourth-order valence-electron chi connectivity index (χ4n) is 5.04. The summed E-state index contributed by atoms with van der Waals surface area (Å²) in [4.78, 5) is 4.50. The molecule has 2 atom stereocenters. The van der Waals surface area contributed by atoms with Crippen molar-refractivity contribution in [2.75, 3.05) is 0 Å². The third-order valence-electron chi connectivity index (χ3n) is 7.31. The van der Waals surface area contributed by atoms with E-state index < -0.39 is 0 Å². The number of hydrogen-bond donors (Lipinski definition) is 1. The average molecular weight is 580 g/mol. The Morgan fingerprint density at radius 3 is 2.51 bits per heavy atom. The van der Waals surface area contributed by atoms with Gasteiger partial charge in [-0.25, -0.2) is 5.10 Å². The quantitative estimate of drug-likeness (QED) is 0.202. The van der Waals surface area contributed by atoms with Gasteiger partial charge in [-0.2, -0.15) is 0 Å². The van der Waals surface area contributed by atoms with Gasteiger partial charge in [-0.15, -0.1) is 5.10 Å². The number of H-pyrrole nitrogens is 1. The Hall–Kier alpha value is -3.46. The number of tetrazole rings is 1. The molecule has 1 N–H and O–H groups in total. The first kappa shape index (κ1) is 24.6. The highest BCUT2D eigenvalue weighted by Crippen LogP contribution is 2.56. The minimum atomic E-state index is 0.271. The normalized spacial score (nSPS) is 18.3. The van der Waals surface area contributed by atoms with Crippen molar-refractivity contribution in [2.45, 2.75) is 43.6 Å². The molecule has 0 bridgehead atoms. The highest BCUT2D eigenvalue weighted by Gasteiger charge is 2.41. The van der Waals surface area contributed by atoms with Crippen LogP contribution in [0.25, 0.3) is 22.8 Å². The van der Waals surface area contributed by atoms with Crippen LogP contribution in [0.2, 0.25) is 15.1 Å². The van der Waals surface area contributed by atoms with Gasteiger partial charge in [0, 0.05) is 22.7 Å². The van der Waals surface area contributed by atoms with Gasteiger partial charge in [0.05, 0.1) is 15.6 Å². The molecule has 2 saturated carbocycles. The Balaban J connectivity index is 1.07. The first-order chi connectivity index (χ1) is 19.1. The van der Waals surface area contributed by atoms with Crippen LogP contribution in [-0.4, -0.2) is 30.8 Å². The molecule has 2 aromatic carbocycles. The first-order valence-electron chi connectivity index (χ1n) is 12.6. The molecular weight excluding hydrogens is 559 g/mol. The lowest BCUT2D eigenvalue weighted by Crippen LogP contribution is -2.00. The van der Waals surface area contributed by atoms with Crippen LogP contribution in [0.4, 0.5) is 0 Å². The lowest BCUT2D eigenvalue weighted by molar-refractivity contribution is 0.300. The third kappa shape index (κ3) is 4.77. The van der Waals surface area contributed by atoms with Crippen molar-refractivity contribution >= 4 is 34.8 Å². The number of ether oxygens (including phenoxy) is 1. The van der Waals surface area contributed by atoms with Crippen LogP contribution < -0.4 is 4.74 Å². The van der Waals surface area contributed by atoms with Crippen LogP contribution in [0.3, 0.4) is 0 Å². The van der Waals surface area contributed by atoms with E-state index in [-0.39, 0.29) is 6.61 Å². The van der Waals surface area contributed by atoms with E-state index in [9.17, 15) is 0 Å². The fraction of sp³-hybridized carbons (Fsp3) is 0.250. The summed E-state index contributed by atoms with van der Waals surface area (Å²) in [7, 11) is 0. The Bertz CT molecular complexity index is 1630. The van der Waals surface area contributed by atoms with E-state index in [1.54, 1.807) is 12.1 Å². The molecule has 0 amide bonds. The molecular formula is C28H21Cl3N6O2. The fourth-order valence-corrected chi connectivity index (χ4v) is 5.93. The highest BCUT2D eigenvalue weighted by molar-refractivity contribution is 6.39. The molecule has 7 rings (SSSR count). The average Bonchev–Trinajstić information content (AvgIpc) is 3.84. The van der Waals surface area contributed by atoms with Gasteiger partial charge in [-0.1, -0.05) is 58.2 Å². The third-order valence-corrected chi connectivity index (χ3v) is 8.27. The first-order valence-corrected chi connectivity index (χ1v) is 13.8. The van der Waals surface area contributed by atoms with Crippen LogP contribution in [0.15, 0.2) is 59.3 Å². The molecule has 5 aromatic rings. The Labute approximate surface area is 238 Å². The number of pyridine rings is 1. The molecule has 0 radical (unpaired) electrons. The van der Waals surface area contributed by atoms with Crippen molar-refractivity contribution in [1.82, 2.24) is 30.8 Å². The van der Waals surface area contributed by atoms with E-state index in [4.69, 9.17) is 44.1 Å². The number of nitrogens with one attached hydrogen (secondary N) is 1. The molecule has 2 aliphatic carbocycles. The van der Waals surface area contributed by atoms with Gasteiger partial charge in [-0.05, 0) is 83.0 Å². The zero-order chi connectivity index (χ0) is 26.5. The summed E-state index contributed by atoms with van der Waals surface area (Å²) in [5, 5.41) is 19.9. The van der Waals surface area contributed by atoms with E-state index in [0.717, 1.165) is 36.1 Å². The Morgan fingerprint density at radius 2 is 1.82 bits per heavy atom. The second kappa shape index (κ2) is 9.93. The maximum Gasteiger partial charge on any atom is 0.198 e. The largest absolute Gasteiger partial charge is 0.489 e. The second-order valence-corrected chi connectivity index (χ2v) is 11.1. The standard InChI is InChI=1S/C28H21Cl3N6O2/c29-21-2-1-3-22(30)25(21)26-20(27(39-35-26)14-4-5-14)13-38-16-7-8-17(23(31)10-16)19-11-18(19)15-6-9-24(32-12-15)28-33-36-37-34-28/h1-3,6-10,12,14,18-19H,4-5,11,13H2,(H,33,34,36,37). The van der Waals surface area contributed by atoms with Gasteiger partial charge < -0.3 is 9.26 Å². The molecule has 0 spiro atoms. The van der Waals surface area contributed by atoms with E-state index in [1.165, 1.54) is 5.56 Å². The van der Waals surface area contributed by atoms with Crippen molar-refractivity contribution in [1.29, 1.82) is 0 Å². The smallest absolute Gasteiger partial charge is 0.198 e. The molecule has 11 heteroatoms. The summed E-state index contributed by atoms with van der Waals surface area (Å²) in [6, 6.07) is 15.3. The summed E-state index contributed by atoms with van der Waals surface area (Å²) in [6.45, 7) is 0.271. The molecule has 2 fully saturated rings. The van der Waals surface area contributed by atoms with Gasteiger partial charge in [0.2, 0.25) is 0 Å². The SMILES string of the molecule is Clc1cc(OCc2c(-c3c(Cl)cccc3Cl)noc2C2CC2)ccc1C1CC1c1ccc(-c2nnn[nH]2)nc1. The molecule has 0 aliphatic heterocycles. The topological polar surface area (TPSA) is 103 Å². The number of rotatable bonds is 8. The zero-order valence-electron chi connectivity index (χ0n) is 20.4. The molecule has 8 nitrogen and oxygen atoms in total. The minimum absolute atomic E-state index is 0.271. The number of aromatic nitrogens is 6.